The summed E-state index contributed by atoms with van der Waals surface area (Å²) >= 11 is 1.30. The first-order valence-electron chi connectivity index (χ1n) is 7.21. The van der Waals surface area contributed by atoms with Crippen LogP contribution in [0.2, 0.25) is 0 Å². The van der Waals surface area contributed by atoms with Gasteiger partial charge in [-0.2, -0.15) is 0 Å². The first-order valence-corrected chi connectivity index (χ1v) is 9.58. The average Bonchev–Trinajstić information content (AvgIpc) is 2.71. The zero-order valence-corrected chi connectivity index (χ0v) is 14.0. The van der Waals surface area contributed by atoms with E-state index in [0.29, 0.717) is 22.7 Å². The van der Waals surface area contributed by atoms with Gasteiger partial charge >= 0.3 is 0 Å². The summed E-state index contributed by atoms with van der Waals surface area (Å²) in [6.07, 6.45) is 3.50. The fourth-order valence-electron chi connectivity index (χ4n) is 2.25. The van der Waals surface area contributed by atoms with Crippen molar-refractivity contribution in [2.24, 2.45) is 5.92 Å². The molecule has 1 aromatic rings. The lowest BCUT2D eigenvalue weighted by Gasteiger charge is -2.31. The Morgan fingerprint density at radius 2 is 2.05 bits per heavy atom. The van der Waals surface area contributed by atoms with Gasteiger partial charge in [-0.05, 0) is 42.7 Å². The van der Waals surface area contributed by atoms with E-state index < -0.39 is 10.0 Å². The molecule has 0 bridgehead atoms. The summed E-state index contributed by atoms with van der Waals surface area (Å²) in [5.74, 6) is 0.506. The second-order valence-electron chi connectivity index (χ2n) is 5.91. The van der Waals surface area contributed by atoms with Gasteiger partial charge in [0.05, 0.1) is 0 Å². The van der Waals surface area contributed by atoms with Crippen molar-refractivity contribution in [3.8, 4) is 0 Å². The maximum atomic E-state index is 12.3. The van der Waals surface area contributed by atoms with Crippen LogP contribution in [0.3, 0.4) is 0 Å². The Morgan fingerprint density at radius 3 is 2.60 bits per heavy atom. The third kappa shape index (κ3) is 4.04. The Balaban J connectivity index is 1.98. The van der Waals surface area contributed by atoms with E-state index in [1.807, 2.05) is 12.3 Å². The van der Waals surface area contributed by atoms with Crippen LogP contribution < -0.4 is 10.0 Å². The molecule has 1 saturated carbocycles. The normalized spacial score (nSPS) is 18.2. The van der Waals surface area contributed by atoms with Crippen LogP contribution in [0.15, 0.2) is 15.7 Å². The molecule has 20 heavy (non-hydrogen) atoms. The van der Waals surface area contributed by atoms with Crippen LogP contribution in [0.5, 0.6) is 0 Å². The number of hydrogen-bond acceptors (Lipinski definition) is 4. The quantitative estimate of drug-likeness (QED) is 0.813. The van der Waals surface area contributed by atoms with Crippen molar-refractivity contribution in [3.05, 3.63) is 17.0 Å². The molecule has 1 atom stereocenters. The molecule has 0 saturated heterocycles. The van der Waals surface area contributed by atoms with E-state index in [0.717, 1.165) is 18.4 Å². The van der Waals surface area contributed by atoms with Gasteiger partial charge in [0.1, 0.15) is 4.21 Å². The number of nitrogens with one attached hydrogen (secondary N) is 2. The van der Waals surface area contributed by atoms with Crippen molar-refractivity contribution in [2.45, 2.75) is 62.9 Å². The standard InChI is InChI=1S/C14H24N2O2S2/c1-10(2)15-8-12-7-14(19-9-12)20(17,18)16-11(3)13-5-4-6-13/h7,9-11,13,15-16H,4-6,8H2,1-3H3. The second-order valence-corrected chi connectivity index (χ2v) is 8.76. The molecular formula is C14H24N2O2S2. The van der Waals surface area contributed by atoms with Crippen LogP contribution in [0.4, 0.5) is 0 Å². The zero-order valence-electron chi connectivity index (χ0n) is 12.3. The smallest absolute Gasteiger partial charge is 0.250 e. The zero-order chi connectivity index (χ0) is 14.8. The average molecular weight is 316 g/mol. The third-order valence-electron chi connectivity index (χ3n) is 3.81. The number of thiophene rings is 1. The minimum atomic E-state index is -3.36. The fraction of sp³-hybridized carbons (Fsp3) is 0.714. The molecule has 0 radical (unpaired) electrons. The fourth-order valence-corrected chi connectivity index (χ4v) is 4.79. The summed E-state index contributed by atoms with van der Waals surface area (Å²) in [6.45, 7) is 6.83. The van der Waals surface area contributed by atoms with Crippen LogP contribution >= 0.6 is 11.3 Å². The number of sulfonamides is 1. The molecule has 4 nitrogen and oxygen atoms in total. The maximum absolute atomic E-state index is 12.3. The molecule has 1 aliphatic carbocycles. The first-order chi connectivity index (χ1) is 9.38. The Bertz CT molecular complexity index is 533. The summed E-state index contributed by atoms with van der Waals surface area (Å²) in [5, 5.41) is 5.21. The molecule has 2 N–H and O–H groups in total. The van der Waals surface area contributed by atoms with Gasteiger partial charge in [0, 0.05) is 18.6 Å². The minimum Gasteiger partial charge on any atom is -0.310 e. The Morgan fingerprint density at radius 1 is 1.35 bits per heavy atom. The summed E-state index contributed by atoms with van der Waals surface area (Å²) in [7, 11) is -3.36. The van der Waals surface area contributed by atoms with Gasteiger partial charge in [-0.15, -0.1) is 11.3 Å². The Kier molecular flexibility index (Phi) is 5.23. The molecule has 1 aromatic heterocycles. The van der Waals surface area contributed by atoms with Crippen molar-refractivity contribution in [3.63, 3.8) is 0 Å². The van der Waals surface area contributed by atoms with Crippen molar-refractivity contribution >= 4 is 21.4 Å². The Hall–Kier alpha value is -0.430. The molecule has 114 valence electrons. The number of hydrogen-bond donors (Lipinski definition) is 2. The predicted octanol–water partition coefficient (Wildman–Crippen LogP) is 2.71. The lowest BCUT2D eigenvalue weighted by atomic mass is 9.81. The maximum Gasteiger partial charge on any atom is 0.250 e. The van der Waals surface area contributed by atoms with Crippen molar-refractivity contribution in [1.29, 1.82) is 0 Å². The molecule has 1 fully saturated rings. The van der Waals surface area contributed by atoms with Gasteiger partial charge in [0.25, 0.3) is 0 Å². The van der Waals surface area contributed by atoms with E-state index in [2.05, 4.69) is 23.9 Å². The molecule has 1 heterocycles. The second kappa shape index (κ2) is 6.56. The summed E-state index contributed by atoms with van der Waals surface area (Å²) in [5.41, 5.74) is 1.03. The Labute approximate surface area is 126 Å². The van der Waals surface area contributed by atoms with Crippen LogP contribution in [0.1, 0.15) is 45.6 Å². The first kappa shape index (κ1) is 15.9. The highest BCUT2D eigenvalue weighted by molar-refractivity contribution is 7.91. The van der Waals surface area contributed by atoms with E-state index in [1.165, 1.54) is 17.8 Å². The van der Waals surface area contributed by atoms with E-state index in [4.69, 9.17) is 0 Å². The molecule has 6 heteroatoms. The molecule has 0 spiro atoms. The van der Waals surface area contributed by atoms with Crippen LogP contribution in [0.25, 0.3) is 0 Å². The van der Waals surface area contributed by atoms with E-state index in [-0.39, 0.29) is 6.04 Å². The molecule has 1 unspecified atom stereocenters. The van der Waals surface area contributed by atoms with Crippen molar-refractivity contribution in [1.82, 2.24) is 10.0 Å². The lowest BCUT2D eigenvalue weighted by molar-refractivity contribution is 0.260. The molecule has 0 amide bonds. The molecule has 0 aliphatic heterocycles. The van der Waals surface area contributed by atoms with Crippen LogP contribution in [-0.2, 0) is 16.6 Å². The molecular weight excluding hydrogens is 292 g/mol. The van der Waals surface area contributed by atoms with Gasteiger partial charge in [0.2, 0.25) is 10.0 Å². The molecule has 2 rings (SSSR count). The summed E-state index contributed by atoms with van der Waals surface area (Å²) < 4.78 is 27.9. The van der Waals surface area contributed by atoms with E-state index in [1.54, 1.807) is 6.07 Å². The van der Waals surface area contributed by atoms with Gasteiger partial charge in [-0.25, -0.2) is 13.1 Å². The lowest BCUT2D eigenvalue weighted by Crippen LogP contribution is -2.40. The highest BCUT2D eigenvalue weighted by Crippen LogP contribution is 2.30. The van der Waals surface area contributed by atoms with Crippen LogP contribution in [0, 0.1) is 5.92 Å². The summed E-state index contributed by atoms with van der Waals surface area (Å²) in [4.78, 5) is 0. The van der Waals surface area contributed by atoms with Crippen LogP contribution in [-0.4, -0.2) is 20.5 Å². The monoisotopic (exact) mass is 316 g/mol. The summed E-state index contributed by atoms with van der Waals surface area (Å²) in [6, 6.07) is 2.20. The predicted molar refractivity (Wildman–Crippen MR) is 83.4 cm³/mol. The van der Waals surface area contributed by atoms with Gasteiger partial charge in [0.15, 0.2) is 0 Å². The van der Waals surface area contributed by atoms with Crippen molar-refractivity contribution < 1.29 is 8.42 Å². The molecule has 1 aliphatic rings. The van der Waals surface area contributed by atoms with Gasteiger partial charge in [-0.3, -0.25) is 0 Å². The highest BCUT2D eigenvalue weighted by atomic mass is 32.2. The number of rotatable bonds is 7. The van der Waals surface area contributed by atoms with Gasteiger partial charge < -0.3 is 5.32 Å². The largest absolute Gasteiger partial charge is 0.310 e. The minimum absolute atomic E-state index is 0.0353. The topological polar surface area (TPSA) is 58.2 Å². The third-order valence-corrected chi connectivity index (χ3v) is 6.85. The van der Waals surface area contributed by atoms with E-state index in [9.17, 15) is 8.42 Å². The highest BCUT2D eigenvalue weighted by Gasteiger charge is 2.28. The van der Waals surface area contributed by atoms with E-state index >= 15 is 0 Å². The van der Waals surface area contributed by atoms with Crippen molar-refractivity contribution in [2.75, 3.05) is 0 Å². The SMILES string of the molecule is CC(C)NCc1csc(S(=O)(=O)NC(C)C2CCC2)c1. The van der Waals surface area contributed by atoms with Gasteiger partial charge in [-0.1, -0.05) is 20.3 Å². The molecule has 0 aromatic carbocycles.